The summed E-state index contributed by atoms with van der Waals surface area (Å²) in [6.07, 6.45) is 6.75. The highest BCUT2D eigenvalue weighted by Crippen LogP contribution is 2.52. The van der Waals surface area contributed by atoms with Gasteiger partial charge in [-0.3, -0.25) is 9.59 Å². The van der Waals surface area contributed by atoms with Gasteiger partial charge in [-0.25, -0.2) is 0 Å². The lowest BCUT2D eigenvalue weighted by atomic mass is 9.85. The van der Waals surface area contributed by atoms with E-state index in [1.54, 1.807) is 12.3 Å². The molecule has 2 bridgehead atoms. The highest BCUT2D eigenvalue weighted by molar-refractivity contribution is 6.42. The average molecular weight is 478 g/mol. The van der Waals surface area contributed by atoms with E-state index in [2.05, 4.69) is 27.9 Å². The van der Waals surface area contributed by atoms with Gasteiger partial charge < -0.3 is 4.57 Å². The summed E-state index contributed by atoms with van der Waals surface area (Å²) >= 11 is 12.3. The summed E-state index contributed by atoms with van der Waals surface area (Å²) in [5.41, 5.74) is 3.95. The number of hydrazone groups is 1. The van der Waals surface area contributed by atoms with Crippen molar-refractivity contribution in [1.29, 1.82) is 0 Å². The van der Waals surface area contributed by atoms with Gasteiger partial charge in [0.05, 0.1) is 28.1 Å². The van der Waals surface area contributed by atoms with Gasteiger partial charge in [-0.15, -0.1) is 0 Å². The molecule has 1 aliphatic heterocycles. The Morgan fingerprint density at radius 3 is 2.39 bits per heavy atom. The highest BCUT2D eigenvalue weighted by Gasteiger charge is 2.59. The molecule has 3 aliphatic rings. The van der Waals surface area contributed by atoms with Crippen LogP contribution >= 0.6 is 23.2 Å². The maximum atomic E-state index is 13.0. The number of rotatable bonds is 4. The van der Waals surface area contributed by atoms with E-state index in [0.29, 0.717) is 16.6 Å². The Hall–Kier alpha value is -2.89. The number of benzene rings is 2. The Kier molecular flexibility index (Phi) is 4.75. The molecule has 0 unspecified atom stereocenters. The van der Waals surface area contributed by atoms with Crippen LogP contribution in [0.2, 0.25) is 10.0 Å². The van der Waals surface area contributed by atoms with Gasteiger partial charge >= 0.3 is 0 Å². The molecular weight excluding hydrogens is 457 g/mol. The van der Waals surface area contributed by atoms with Gasteiger partial charge in [0.2, 0.25) is 0 Å². The molecule has 0 spiro atoms. The minimum absolute atomic E-state index is 0.171. The molecule has 1 saturated carbocycles. The zero-order chi connectivity index (χ0) is 22.9. The monoisotopic (exact) mass is 477 g/mol. The van der Waals surface area contributed by atoms with Crippen molar-refractivity contribution in [2.75, 3.05) is 0 Å². The van der Waals surface area contributed by atoms with Crippen molar-refractivity contribution in [2.45, 2.75) is 19.9 Å². The normalized spacial score (nSPS) is 25.8. The fourth-order valence-electron chi connectivity index (χ4n) is 5.76. The molecule has 7 heteroatoms. The molecule has 2 fully saturated rings. The summed E-state index contributed by atoms with van der Waals surface area (Å²) in [5, 5.41) is 7.58. The molecule has 2 heterocycles. The van der Waals surface area contributed by atoms with Gasteiger partial charge in [0.1, 0.15) is 0 Å². The van der Waals surface area contributed by atoms with E-state index >= 15 is 0 Å². The Balaban J connectivity index is 1.36. The molecule has 3 aromatic rings. The molecule has 5 nitrogen and oxygen atoms in total. The van der Waals surface area contributed by atoms with Gasteiger partial charge in [0, 0.05) is 28.7 Å². The SMILES string of the molecule is Cc1c(/C=N\N2C(=O)[C@@H]3[C@@H](C2=O)[C@H]2C=C[C@H]3C2)c2ccccc2n1Cc1ccc(Cl)c(Cl)c1. The van der Waals surface area contributed by atoms with Crippen LogP contribution in [-0.2, 0) is 16.1 Å². The van der Waals surface area contributed by atoms with Crippen molar-refractivity contribution in [3.8, 4) is 0 Å². The molecule has 2 aromatic carbocycles. The molecular formula is C26H21Cl2N3O2. The Morgan fingerprint density at radius 2 is 1.70 bits per heavy atom. The van der Waals surface area contributed by atoms with Crippen LogP contribution in [-0.4, -0.2) is 27.6 Å². The number of para-hydroxylation sites is 1. The van der Waals surface area contributed by atoms with Crippen molar-refractivity contribution in [3.05, 3.63) is 81.5 Å². The number of imide groups is 1. The van der Waals surface area contributed by atoms with Crippen molar-refractivity contribution >= 4 is 52.1 Å². The number of hydrogen-bond acceptors (Lipinski definition) is 3. The van der Waals surface area contributed by atoms with Crippen LogP contribution in [0, 0.1) is 30.6 Å². The van der Waals surface area contributed by atoms with Crippen LogP contribution in [0.5, 0.6) is 0 Å². The molecule has 166 valence electrons. The number of nitrogens with zero attached hydrogens (tertiary/aromatic N) is 3. The maximum absolute atomic E-state index is 13.0. The summed E-state index contributed by atoms with van der Waals surface area (Å²) in [4.78, 5) is 26.0. The Bertz CT molecular complexity index is 1360. The summed E-state index contributed by atoms with van der Waals surface area (Å²) in [6.45, 7) is 2.63. The number of allylic oxidation sites excluding steroid dienone is 2. The van der Waals surface area contributed by atoms with Gasteiger partial charge in [-0.05, 0) is 48.9 Å². The lowest BCUT2D eigenvalue weighted by Crippen LogP contribution is -2.28. The first-order chi connectivity index (χ1) is 15.9. The number of carbonyl (C=O) groups is 2. The second-order valence-electron chi connectivity index (χ2n) is 9.08. The molecule has 0 N–H and O–H groups in total. The summed E-state index contributed by atoms with van der Waals surface area (Å²) in [6, 6.07) is 13.7. The van der Waals surface area contributed by atoms with Crippen LogP contribution in [0.4, 0.5) is 0 Å². The zero-order valence-corrected chi connectivity index (χ0v) is 19.4. The quantitative estimate of drug-likeness (QED) is 0.285. The molecule has 1 saturated heterocycles. The van der Waals surface area contributed by atoms with Crippen LogP contribution in [0.3, 0.4) is 0 Å². The number of aromatic nitrogens is 1. The van der Waals surface area contributed by atoms with Gasteiger partial charge in [0.15, 0.2) is 0 Å². The van der Waals surface area contributed by atoms with E-state index in [1.165, 1.54) is 0 Å². The number of halogens is 2. The first-order valence-electron chi connectivity index (χ1n) is 11.1. The molecule has 2 aliphatic carbocycles. The van der Waals surface area contributed by atoms with E-state index in [4.69, 9.17) is 23.2 Å². The summed E-state index contributed by atoms with van der Waals surface area (Å²) in [7, 11) is 0. The van der Waals surface area contributed by atoms with Crippen molar-refractivity contribution in [2.24, 2.45) is 28.8 Å². The largest absolute Gasteiger partial charge is 0.340 e. The minimum Gasteiger partial charge on any atom is -0.340 e. The fraction of sp³-hybridized carbons (Fsp3) is 0.269. The summed E-state index contributed by atoms with van der Waals surface area (Å²) < 4.78 is 2.18. The number of carbonyl (C=O) groups excluding carboxylic acids is 2. The second kappa shape index (κ2) is 7.57. The van der Waals surface area contributed by atoms with E-state index in [0.717, 1.165) is 39.2 Å². The van der Waals surface area contributed by atoms with Gasteiger partial charge in [-0.1, -0.05) is 59.6 Å². The standard InChI is InChI=1S/C26H21Cl2N3O2/c1-14-19(12-29-31-25(32)23-16-7-8-17(11-16)24(23)26(31)33)18-4-2-3-5-22(18)30(14)13-15-6-9-20(27)21(28)10-15/h2-10,12,16-17,23-24H,11,13H2,1H3/b29-12-/t16-,17-,23-,24-/m0/s1. The Morgan fingerprint density at radius 1 is 1.00 bits per heavy atom. The minimum atomic E-state index is -0.248. The van der Waals surface area contributed by atoms with E-state index in [1.807, 2.05) is 37.3 Å². The van der Waals surface area contributed by atoms with E-state index in [-0.39, 0.29) is 35.5 Å². The van der Waals surface area contributed by atoms with Crippen molar-refractivity contribution in [3.63, 3.8) is 0 Å². The van der Waals surface area contributed by atoms with Crippen molar-refractivity contribution in [1.82, 2.24) is 9.58 Å². The molecule has 0 radical (unpaired) electrons. The first kappa shape index (κ1) is 20.7. The maximum Gasteiger partial charge on any atom is 0.254 e. The second-order valence-corrected chi connectivity index (χ2v) is 9.90. The zero-order valence-electron chi connectivity index (χ0n) is 17.9. The lowest BCUT2D eigenvalue weighted by molar-refractivity contribution is -0.140. The van der Waals surface area contributed by atoms with Gasteiger partial charge in [-0.2, -0.15) is 10.1 Å². The van der Waals surface area contributed by atoms with E-state index < -0.39 is 0 Å². The van der Waals surface area contributed by atoms with E-state index in [9.17, 15) is 9.59 Å². The molecule has 33 heavy (non-hydrogen) atoms. The third-order valence-corrected chi connectivity index (χ3v) is 8.09. The van der Waals surface area contributed by atoms with Crippen LogP contribution in [0.25, 0.3) is 10.9 Å². The topological polar surface area (TPSA) is 54.7 Å². The predicted octanol–water partition coefficient (Wildman–Crippen LogP) is 5.45. The molecule has 2 amide bonds. The van der Waals surface area contributed by atoms with Crippen LogP contribution in [0.1, 0.15) is 23.2 Å². The number of hydrogen-bond donors (Lipinski definition) is 0. The Labute approximate surface area is 201 Å². The fourth-order valence-corrected chi connectivity index (χ4v) is 6.08. The summed E-state index contributed by atoms with van der Waals surface area (Å²) in [5.74, 6) is -0.493. The van der Waals surface area contributed by atoms with Gasteiger partial charge in [0.25, 0.3) is 11.8 Å². The first-order valence-corrected chi connectivity index (χ1v) is 11.8. The molecule has 1 aromatic heterocycles. The smallest absolute Gasteiger partial charge is 0.254 e. The average Bonchev–Trinajstić information content (AvgIpc) is 3.54. The number of fused-ring (bicyclic) bond motifs is 6. The predicted molar refractivity (Wildman–Crippen MR) is 129 cm³/mol. The van der Waals surface area contributed by atoms with Crippen molar-refractivity contribution < 1.29 is 9.59 Å². The molecule has 4 atom stereocenters. The molecule has 6 rings (SSSR count). The third kappa shape index (κ3) is 3.10. The number of amides is 2. The van der Waals surface area contributed by atoms with Crippen LogP contribution < -0.4 is 0 Å². The lowest BCUT2D eigenvalue weighted by Gasteiger charge is -2.13. The highest BCUT2D eigenvalue weighted by atomic mass is 35.5. The van der Waals surface area contributed by atoms with Crippen LogP contribution in [0.15, 0.2) is 59.7 Å². The third-order valence-electron chi connectivity index (χ3n) is 7.35.